The van der Waals surface area contributed by atoms with E-state index in [0.29, 0.717) is 30.3 Å². The molecule has 1 aromatic carbocycles. The van der Waals surface area contributed by atoms with Crippen LogP contribution in [0.3, 0.4) is 0 Å². The van der Waals surface area contributed by atoms with Gasteiger partial charge in [0.25, 0.3) is 0 Å². The summed E-state index contributed by atoms with van der Waals surface area (Å²) in [6.07, 6.45) is 3.46. The van der Waals surface area contributed by atoms with E-state index in [4.69, 9.17) is 16.3 Å². The van der Waals surface area contributed by atoms with Crippen molar-refractivity contribution >= 4 is 45.8 Å². The average molecular weight is 410 g/mol. The van der Waals surface area contributed by atoms with E-state index in [1.807, 2.05) is 0 Å². The Morgan fingerprint density at radius 1 is 1.45 bits per heavy atom. The summed E-state index contributed by atoms with van der Waals surface area (Å²) in [6.45, 7) is 2.84. The fourth-order valence-corrected chi connectivity index (χ4v) is 2.77. The Morgan fingerprint density at radius 3 is 2.95 bits per heavy atom. The normalized spacial score (nSPS) is 13.8. The molecule has 1 aromatic rings. The van der Waals surface area contributed by atoms with Crippen LogP contribution in [0.15, 0.2) is 34.3 Å². The number of nitrogens with one attached hydrogen (secondary N) is 2. The van der Waals surface area contributed by atoms with Crippen LogP contribution in [0.4, 0.5) is 0 Å². The van der Waals surface area contributed by atoms with Gasteiger partial charge >= 0.3 is 0 Å². The molecule has 1 aliphatic rings. The molecular weight excluding hydrogens is 391 g/mol. The molecule has 0 aromatic heterocycles. The number of halogens is 3. The quantitative estimate of drug-likeness (QED) is 0.708. The zero-order valence-corrected chi connectivity index (χ0v) is 15.2. The van der Waals surface area contributed by atoms with Crippen molar-refractivity contribution < 1.29 is 9.53 Å². The van der Waals surface area contributed by atoms with Crippen molar-refractivity contribution in [3.8, 4) is 5.75 Å². The van der Waals surface area contributed by atoms with Crippen molar-refractivity contribution in [1.82, 2.24) is 10.6 Å². The van der Waals surface area contributed by atoms with Crippen LogP contribution in [0.1, 0.15) is 12.8 Å². The van der Waals surface area contributed by atoms with Crippen LogP contribution in [-0.2, 0) is 4.79 Å². The molecule has 0 radical (unpaired) electrons. The first-order valence-corrected chi connectivity index (χ1v) is 8.05. The smallest absolute Gasteiger partial charge is 0.223 e. The van der Waals surface area contributed by atoms with Crippen LogP contribution in [-0.4, -0.2) is 32.1 Å². The molecule has 0 fully saturated rings. The van der Waals surface area contributed by atoms with E-state index < -0.39 is 0 Å². The fourth-order valence-electron chi connectivity index (χ4n) is 1.98. The first kappa shape index (κ1) is 19.3. The van der Waals surface area contributed by atoms with E-state index >= 15 is 0 Å². The first-order valence-electron chi connectivity index (χ1n) is 6.88. The molecule has 0 atom stereocenters. The van der Waals surface area contributed by atoms with Gasteiger partial charge in [0.15, 0.2) is 0 Å². The number of rotatable bonds is 6. The van der Waals surface area contributed by atoms with E-state index in [-0.39, 0.29) is 18.3 Å². The van der Waals surface area contributed by atoms with Gasteiger partial charge in [-0.05, 0) is 47.1 Å². The second kappa shape index (κ2) is 10.1. The van der Waals surface area contributed by atoms with Crippen LogP contribution in [0.25, 0.3) is 0 Å². The lowest BCUT2D eigenvalue weighted by atomic mass is 10.1. The molecule has 0 saturated heterocycles. The van der Waals surface area contributed by atoms with Crippen molar-refractivity contribution in [3.63, 3.8) is 0 Å². The highest BCUT2D eigenvalue weighted by molar-refractivity contribution is 9.10. The molecule has 1 aliphatic heterocycles. The molecule has 0 spiro atoms. The third kappa shape index (κ3) is 6.57. The second-order valence-corrected chi connectivity index (χ2v) is 6.06. The number of hydrogen-bond donors (Lipinski definition) is 2. The summed E-state index contributed by atoms with van der Waals surface area (Å²) in [5.41, 5.74) is 1.28. The van der Waals surface area contributed by atoms with Crippen LogP contribution in [0.5, 0.6) is 5.75 Å². The average Bonchev–Trinajstić information content (AvgIpc) is 2.48. The number of ether oxygens (including phenoxy) is 1. The SMILES string of the molecule is Cl.O=C(CCOc1ccc(Cl)cc1Br)NCC1=CCNCC1. The highest BCUT2D eigenvalue weighted by Crippen LogP contribution is 2.27. The minimum atomic E-state index is -0.000446. The molecular formula is C15H19BrCl2N2O2. The minimum Gasteiger partial charge on any atom is -0.492 e. The third-order valence-corrected chi connectivity index (χ3v) is 4.01. The summed E-state index contributed by atoms with van der Waals surface area (Å²) in [4.78, 5) is 11.7. The molecule has 2 N–H and O–H groups in total. The lowest BCUT2D eigenvalue weighted by Crippen LogP contribution is -2.30. The molecule has 1 amide bonds. The number of benzene rings is 1. The van der Waals surface area contributed by atoms with Crippen LogP contribution in [0, 0.1) is 0 Å². The summed E-state index contributed by atoms with van der Waals surface area (Å²) in [6, 6.07) is 5.30. The van der Waals surface area contributed by atoms with Gasteiger partial charge in [-0.1, -0.05) is 23.3 Å². The van der Waals surface area contributed by atoms with Gasteiger partial charge in [0, 0.05) is 18.1 Å². The fraction of sp³-hybridized carbons (Fsp3) is 0.400. The van der Waals surface area contributed by atoms with Gasteiger partial charge < -0.3 is 15.4 Å². The van der Waals surface area contributed by atoms with Crippen LogP contribution < -0.4 is 15.4 Å². The molecule has 0 unspecified atom stereocenters. The van der Waals surface area contributed by atoms with Gasteiger partial charge in [0.05, 0.1) is 17.5 Å². The summed E-state index contributed by atoms with van der Waals surface area (Å²) in [5.74, 6) is 0.688. The van der Waals surface area contributed by atoms with Crippen LogP contribution >= 0.6 is 39.9 Å². The lowest BCUT2D eigenvalue weighted by Gasteiger charge is -2.14. The molecule has 0 saturated carbocycles. The second-order valence-electron chi connectivity index (χ2n) is 4.77. The first-order chi connectivity index (χ1) is 10.1. The maximum absolute atomic E-state index is 11.7. The predicted octanol–water partition coefficient (Wildman–Crippen LogP) is 3.33. The summed E-state index contributed by atoms with van der Waals surface area (Å²) < 4.78 is 6.35. The summed E-state index contributed by atoms with van der Waals surface area (Å²) >= 11 is 9.23. The zero-order valence-electron chi connectivity index (χ0n) is 12.0. The maximum Gasteiger partial charge on any atom is 0.223 e. The van der Waals surface area contributed by atoms with Gasteiger partial charge in [0.2, 0.25) is 5.91 Å². The molecule has 0 aliphatic carbocycles. The van der Waals surface area contributed by atoms with Crippen molar-refractivity contribution in [3.05, 3.63) is 39.3 Å². The predicted molar refractivity (Wildman–Crippen MR) is 95.1 cm³/mol. The Labute approximate surface area is 150 Å². The molecule has 122 valence electrons. The van der Waals surface area contributed by atoms with Gasteiger partial charge in [-0.15, -0.1) is 12.4 Å². The zero-order chi connectivity index (χ0) is 15.1. The molecule has 2 rings (SSSR count). The van der Waals surface area contributed by atoms with Crippen molar-refractivity contribution in [2.75, 3.05) is 26.2 Å². The number of carbonyl (C=O) groups is 1. The van der Waals surface area contributed by atoms with Gasteiger partial charge in [-0.2, -0.15) is 0 Å². The third-order valence-electron chi connectivity index (χ3n) is 3.15. The highest BCUT2D eigenvalue weighted by Gasteiger charge is 2.07. The number of hydrogen-bond acceptors (Lipinski definition) is 3. The Balaban J connectivity index is 0.00000242. The van der Waals surface area contributed by atoms with E-state index in [9.17, 15) is 4.79 Å². The number of carbonyl (C=O) groups excluding carboxylic acids is 1. The molecule has 7 heteroatoms. The summed E-state index contributed by atoms with van der Waals surface area (Å²) in [7, 11) is 0. The van der Waals surface area contributed by atoms with E-state index in [2.05, 4.69) is 32.6 Å². The van der Waals surface area contributed by atoms with Gasteiger partial charge in [-0.25, -0.2) is 0 Å². The molecule has 1 heterocycles. The molecule has 22 heavy (non-hydrogen) atoms. The van der Waals surface area contributed by atoms with E-state index in [1.165, 1.54) is 5.57 Å². The maximum atomic E-state index is 11.7. The van der Waals surface area contributed by atoms with Gasteiger partial charge in [-0.3, -0.25) is 4.79 Å². The molecule has 0 bridgehead atoms. The van der Waals surface area contributed by atoms with Crippen molar-refractivity contribution in [2.45, 2.75) is 12.8 Å². The molecule has 4 nitrogen and oxygen atoms in total. The number of amides is 1. The highest BCUT2D eigenvalue weighted by atomic mass is 79.9. The Bertz CT molecular complexity index is 538. The minimum absolute atomic E-state index is 0. The standard InChI is InChI=1S/C15H18BrClN2O2.ClH/c16-13-9-12(17)1-2-14(13)21-8-5-15(20)19-10-11-3-6-18-7-4-11;/h1-3,9,18H,4-8,10H2,(H,19,20);1H. The Hall–Kier alpha value is -0.750. The van der Waals surface area contributed by atoms with Crippen molar-refractivity contribution in [2.24, 2.45) is 0 Å². The summed E-state index contributed by atoms with van der Waals surface area (Å²) in [5, 5.41) is 6.80. The lowest BCUT2D eigenvalue weighted by molar-refractivity contribution is -0.121. The van der Waals surface area contributed by atoms with Gasteiger partial charge in [0.1, 0.15) is 5.75 Å². The topological polar surface area (TPSA) is 50.4 Å². The monoisotopic (exact) mass is 408 g/mol. The largest absolute Gasteiger partial charge is 0.492 e. The van der Waals surface area contributed by atoms with Crippen LogP contribution in [0.2, 0.25) is 5.02 Å². The van der Waals surface area contributed by atoms with E-state index in [0.717, 1.165) is 24.0 Å². The van der Waals surface area contributed by atoms with E-state index in [1.54, 1.807) is 18.2 Å². The Kier molecular flexibility index (Phi) is 8.86. The van der Waals surface area contributed by atoms with Crippen molar-refractivity contribution in [1.29, 1.82) is 0 Å². The Morgan fingerprint density at radius 2 is 2.27 bits per heavy atom.